The summed E-state index contributed by atoms with van der Waals surface area (Å²) >= 11 is 0. The van der Waals surface area contributed by atoms with E-state index in [-0.39, 0.29) is 12.0 Å². The molecule has 1 aliphatic heterocycles. The van der Waals surface area contributed by atoms with Gasteiger partial charge in [0.05, 0.1) is 5.69 Å². The molecule has 1 heterocycles. The number of hydrogen-bond donors (Lipinski definition) is 0. The van der Waals surface area contributed by atoms with E-state index in [0.717, 1.165) is 51.0 Å². The number of anilines is 6. The van der Waals surface area contributed by atoms with E-state index < -0.39 is 0 Å². The van der Waals surface area contributed by atoms with Crippen molar-refractivity contribution in [1.82, 2.24) is 0 Å². The molecule has 0 aromatic heterocycles. The SMILES string of the molecule is C1=CC2Oc3c(cccc3N(c3ccccc3)c3ccc(-c4ccc(N(c5ccc(-c6ccccc6)cc5)c5ccc(-c6ccccc6)cc5)cc4)cc3)C2C=C1. The van der Waals surface area contributed by atoms with Gasteiger partial charge in [-0.05, 0) is 106 Å². The van der Waals surface area contributed by atoms with Gasteiger partial charge in [0.1, 0.15) is 11.9 Å². The lowest BCUT2D eigenvalue weighted by Gasteiger charge is -2.27. The van der Waals surface area contributed by atoms with E-state index in [2.05, 4.69) is 240 Å². The van der Waals surface area contributed by atoms with Crippen LogP contribution in [0.1, 0.15) is 11.5 Å². The largest absolute Gasteiger partial charge is 0.483 e. The van der Waals surface area contributed by atoms with Crippen LogP contribution in [-0.2, 0) is 0 Å². The Kier molecular flexibility index (Phi) is 9.02. The molecule has 0 amide bonds. The summed E-state index contributed by atoms with van der Waals surface area (Å²) in [4.78, 5) is 4.64. The van der Waals surface area contributed by atoms with Crippen molar-refractivity contribution in [3.63, 3.8) is 0 Å². The Labute approximate surface area is 334 Å². The maximum atomic E-state index is 6.62. The van der Waals surface area contributed by atoms with Gasteiger partial charge in [-0.3, -0.25) is 0 Å². The molecular weight excluding hydrogens is 693 g/mol. The Morgan fingerprint density at radius 1 is 0.316 bits per heavy atom. The van der Waals surface area contributed by atoms with Gasteiger partial charge in [-0.2, -0.15) is 0 Å². The first kappa shape index (κ1) is 34.2. The summed E-state index contributed by atoms with van der Waals surface area (Å²) in [5.74, 6) is 1.17. The Morgan fingerprint density at radius 3 is 1.18 bits per heavy atom. The molecule has 0 radical (unpaired) electrons. The summed E-state index contributed by atoms with van der Waals surface area (Å²) in [6.45, 7) is 0. The lowest BCUT2D eigenvalue weighted by Crippen LogP contribution is -2.16. The second-order valence-electron chi connectivity index (χ2n) is 14.5. The van der Waals surface area contributed by atoms with Gasteiger partial charge in [-0.25, -0.2) is 0 Å². The van der Waals surface area contributed by atoms with Crippen LogP contribution >= 0.6 is 0 Å². The van der Waals surface area contributed by atoms with E-state index in [4.69, 9.17) is 4.74 Å². The summed E-state index contributed by atoms with van der Waals surface area (Å²) in [5, 5.41) is 0. The monoisotopic (exact) mass is 732 g/mol. The smallest absolute Gasteiger partial charge is 0.148 e. The zero-order chi connectivity index (χ0) is 38.0. The van der Waals surface area contributed by atoms with Gasteiger partial charge in [-0.1, -0.05) is 158 Å². The molecule has 3 heteroatoms. The lowest BCUT2D eigenvalue weighted by atomic mass is 9.92. The quantitative estimate of drug-likeness (QED) is 0.147. The number of hydrogen-bond acceptors (Lipinski definition) is 3. The Balaban J connectivity index is 0.971. The summed E-state index contributed by atoms with van der Waals surface area (Å²) in [6, 6.07) is 73.6. The first-order valence-corrected chi connectivity index (χ1v) is 19.6. The van der Waals surface area contributed by atoms with Crippen molar-refractivity contribution in [1.29, 1.82) is 0 Å². The van der Waals surface area contributed by atoms with Crippen molar-refractivity contribution < 1.29 is 4.74 Å². The fourth-order valence-corrected chi connectivity index (χ4v) is 8.15. The number of fused-ring (bicyclic) bond motifs is 3. The molecule has 0 bridgehead atoms. The van der Waals surface area contributed by atoms with Gasteiger partial charge in [0.25, 0.3) is 0 Å². The zero-order valence-corrected chi connectivity index (χ0v) is 31.4. The van der Waals surface area contributed by atoms with Crippen LogP contribution < -0.4 is 14.5 Å². The normalized spacial score (nSPS) is 15.0. The second-order valence-corrected chi connectivity index (χ2v) is 14.5. The topological polar surface area (TPSA) is 15.7 Å². The van der Waals surface area contributed by atoms with E-state index in [0.29, 0.717) is 0 Å². The minimum atomic E-state index is 0.0207. The van der Waals surface area contributed by atoms with E-state index in [9.17, 15) is 0 Å². The molecule has 57 heavy (non-hydrogen) atoms. The Bertz CT molecular complexity index is 2590. The van der Waals surface area contributed by atoms with Crippen LogP contribution in [0.5, 0.6) is 5.75 Å². The maximum Gasteiger partial charge on any atom is 0.148 e. The molecule has 272 valence electrons. The van der Waals surface area contributed by atoms with Crippen LogP contribution in [0.25, 0.3) is 33.4 Å². The van der Waals surface area contributed by atoms with E-state index in [1.165, 1.54) is 27.8 Å². The van der Waals surface area contributed by atoms with Crippen LogP contribution in [-0.4, -0.2) is 6.10 Å². The summed E-state index contributed by atoms with van der Waals surface area (Å²) in [5.41, 5.74) is 14.8. The number of allylic oxidation sites excluding steroid dienone is 2. The lowest BCUT2D eigenvalue weighted by molar-refractivity contribution is 0.269. The summed E-state index contributed by atoms with van der Waals surface area (Å²) in [6.07, 6.45) is 8.62. The first-order chi connectivity index (χ1) is 28.3. The van der Waals surface area contributed by atoms with Crippen molar-refractivity contribution in [3.8, 4) is 39.1 Å². The number of ether oxygens (including phenoxy) is 1. The molecule has 0 N–H and O–H groups in total. The van der Waals surface area contributed by atoms with E-state index >= 15 is 0 Å². The summed E-state index contributed by atoms with van der Waals surface area (Å²) in [7, 11) is 0. The maximum absolute atomic E-state index is 6.62. The van der Waals surface area contributed by atoms with Crippen LogP contribution in [0.3, 0.4) is 0 Å². The minimum Gasteiger partial charge on any atom is -0.483 e. The predicted octanol–water partition coefficient (Wildman–Crippen LogP) is 14.6. The third-order valence-corrected chi connectivity index (χ3v) is 11.0. The number of rotatable bonds is 9. The Morgan fingerprint density at radius 2 is 0.702 bits per heavy atom. The third-order valence-electron chi connectivity index (χ3n) is 11.0. The van der Waals surface area contributed by atoms with Crippen molar-refractivity contribution in [3.05, 3.63) is 236 Å². The average molecular weight is 733 g/mol. The van der Waals surface area contributed by atoms with Gasteiger partial charge in [0, 0.05) is 39.9 Å². The number of para-hydroxylation sites is 2. The number of nitrogens with zero attached hydrogens (tertiary/aromatic N) is 2. The van der Waals surface area contributed by atoms with Gasteiger partial charge in [-0.15, -0.1) is 0 Å². The van der Waals surface area contributed by atoms with Crippen LogP contribution in [0.2, 0.25) is 0 Å². The third kappa shape index (κ3) is 6.70. The standard InChI is InChI=1S/C54H40N2O/c1-4-13-39(14-5-1)41-23-31-46(32-24-41)55(47-33-25-42(26-34-47)40-15-6-2-7-16-40)48-35-27-43(28-36-48)44-29-37-49(38-30-44)56(45-17-8-3-9-18-45)52-21-12-20-51-50-19-10-11-22-53(50)57-54(51)52/h1-38,50,53H. The van der Waals surface area contributed by atoms with Crippen molar-refractivity contribution in [2.75, 3.05) is 9.80 Å². The minimum absolute atomic E-state index is 0.0207. The first-order valence-electron chi connectivity index (χ1n) is 19.6. The van der Waals surface area contributed by atoms with E-state index in [1.54, 1.807) is 0 Å². The fourth-order valence-electron chi connectivity index (χ4n) is 8.15. The molecule has 3 nitrogen and oxygen atoms in total. The Hall–Kier alpha value is -7.36. The van der Waals surface area contributed by atoms with Gasteiger partial charge in [0.15, 0.2) is 0 Å². The van der Waals surface area contributed by atoms with Crippen LogP contribution in [0, 0.1) is 0 Å². The van der Waals surface area contributed by atoms with Crippen LogP contribution in [0.4, 0.5) is 34.1 Å². The van der Waals surface area contributed by atoms with Crippen molar-refractivity contribution >= 4 is 34.1 Å². The highest BCUT2D eigenvalue weighted by atomic mass is 16.5. The molecule has 2 atom stereocenters. The molecule has 8 aromatic rings. The zero-order valence-electron chi connectivity index (χ0n) is 31.4. The van der Waals surface area contributed by atoms with Crippen LogP contribution in [0.15, 0.2) is 231 Å². The summed E-state index contributed by atoms with van der Waals surface area (Å²) < 4.78 is 6.62. The van der Waals surface area contributed by atoms with Crippen molar-refractivity contribution in [2.24, 2.45) is 0 Å². The molecule has 0 saturated heterocycles. The van der Waals surface area contributed by atoms with Crippen molar-refractivity contribution in [2.45, 2.75) is 12.0 Å². The van der Waals surface area contributed by atoms with Gasteiger partial charge < -0.3 is 14.5 Å². The molecule has 0 spiro atoms. The molecule has 8 aromatic carbocycles. The average Bonchev–Trinajstić information content (AvgIpc) is 3.68. The fraction of sp³-hybridized carbons (Fsp3) is 0.0370. The molecule has 0 fully saturated rings. The second kappa shape index (κ2) is 15.1. The van der Waals surface area contributed by atoms with Gasteiger partial charge in [0.2, 0.25) is 0 Å². The highest BCUT2D eigenvalue weighted by Gasteiger charge is 2.35. The molecule has 10 rings (SSSR count). The molecule has 1 aliphatic carbocycles. The van der Waals surface area contributed by atoms with E-state index in [1.807, 2.05) is 0 Å². The number of benzene rings is 8. The molecule has 0 saturated carbocycles. The predicted molar refractivity (Wildman–Crippen MR) is 238 cm³/mol. The molecular formula is C54H40N2O. The highest BCUT2D eigenvalue weighted by molar-refractivity contribution is 5.84. The molecule has 2 aliphatic rings. The molecule has 2 unspecified atom stereocenters. The van der Waals surface area contributed by atoms with Gasteiger partial charge >= 0.3 is 0 Å². The highest BCUT2D eigenvalue weighted by Crippen LogP contribution is 2.50.